The van der Waals surface area contributed by atoms with Gasteiger partial charge in [-0.2, -0.15) is 0 Å². The molecule has 0 saturated carbocycles. The number of amides is 1. The van der Waals surface area contributed by atoms with Gasteiger partial charge in [-0.15, -0.1) is 12.4 Å². The second kappa shape index (κ2) is 9.11. The van der Waals surface area contributed by atoms with Gasteiger partial charge in [0.1, 0.15) is 5.75 Å². The minimum Gasteiger partial charge on any atom is -0.496 e. The van der Waals surface area contributed by atoms with Gasteiger partial charge in [0.25, 0.3) is 0 Å². The van der Waals surface area contributed by atoms with Crippen LogP contribution in [0.5, 0.6) is 5.75 Å². The van der Waals surface area contributed by atoms with Crippen LogP contribution in [0, 0.1) is 12.3 Å². The molecule has 1 aromatic rings. The Balaban J connectivity index is 0.00000264. The summed E-state index contributed by atoms with van der Waals surface area (Å²) in [5, 5.41) is 3.03. The van der Waals surface area contributed by atoms with E-state index >= 15 is 0 Å². The summed E-state index contributed by atoms with van der Waals surface area (Å²) in [5.74, 6) is 0.934. The van der Waals surface area contributed by atoms with Gasteiger partial charge in [-0.05, 0) is 43.4 Å². The first-order valence-electron chi connectivity index (χ1n) is 7.81. The zero-order chi connectivity index (χ0) is 16.0. The van der Waals surface area contributed by atoms with Crippen LogP contribution < -0.4 is 15.8 Å². The number of rotatable bonds is 6. The van der Waals surface area contributed by atoms with E-state index in [-0.39, 0.29) is 18.3 Å². The van der Waals surface area contributed by atoms with Crippen LogP contribution >= 0.6 is 12.4 Å². The molecule has 0 atom stereocenters. The molecule has 6 heteroatoms. The molecule has 130 valence electrons. The van der Waals surface area contributed by atoms with Crippen LogP contribution in [0.4, 0.5) is 0 Å². The lowest BCUT2D eigenvalue weighted by Crippen LogP contribution is -2.49. The first-order chi connectivity index (χ1) is 10.6. The lowest BCUT2D eigenvalue weighted by molar-refractivity contribution is -0.135. The van der Waals surface area contributed by atoms with Gasteiger partial charge in [-0.25, -0.2) is 0 Å². The van der Waals surface area contributed by atoms with Crippen LogP contribution in [0.2, 0.25) is 0 Å². The van der Waals surface area contributed by atoms with Crippen molar-refractivity contribution in [1.82, 2.24) is 5.32 Å². The van der Waals surface area contributed by atoms with Crippen LogP contribution in [0.15, 0.2) is 18.2 Å². The topological polar surface area (TPSA) is 73.6 Å². The van der Waals surface area contributed by atoms with Gasteiger partial charge in [0.2, 0.25) is 5.91 Å². The summed E-state index contributed by atoms with van der Waals surface area (Å²) < 4.78 is 10.7. The average molecular weight is 343 g/mol. The lowest BCUT2D eigenvalue weighted by Gasteiger charge is -2.34. The smallest absolute Gasteiger partial charge is 0.227 e. The number of nitrogens with one attached hydrogen (secondary N) is 1. The highest BCUT2D eigenvalue weighted by molar-refractivity contribution is 5.85. The average Bonchev–Trinajstić information content (AvgIpc) is 2.56. The van der Waals surface area contributed by atoms with E-state index in [0.29, 0.717) is 39.1 Å². The Morgan fingerprint density at radius 2 is 2.09 bits per heavy atom. The van der Waals surface area contributed by atoms with Crippen LogP contribution in [0.25, 0.3) is 0 Å². The van der Waals surface area contributed by atoms with Crippen molar-refractivity contribution >= 4 is 18.3 Å². The molecule has 1 saturated heterocycles. The molecule has 1 fully saturated rings. The van der Waals surface area contributed by atoms with E-state index in [1.165, 1.54) is 0 Å². The number of nitrogens with two attached hydrogens (primary N) is 1. The van der Waals surface area contributed by atoms with E-state index in [4.69, 9.17) is 15.2 Å². The maximum absolute atomic E-state index is 12.4. The van der Waals surface area contributed by atoms with Crippen molar-refractivity contribution in [2.45, 2.75) is 26.2 Å². The molecular weight excluding hydrogens is 316 g/mol. The van der Waals surface area contributed by atoms with Gasteiger partial charge in [0.05, 0.1) is 12.5 Å². The van der Waals surface area contributed by atoms with Crippen molar-refractivity contribution in [2.75, 3.05) is 33.4 Å². The second-order valence-electron chi connectivity index (χ2n) is 5.91. The molecule has 5 nitrogen and oxygen atoms in total. The number of aryl methyl sites for hydroxylation is 1. The Labute approximate surface area is 144 Å². The number of halogens is 1. The van der Waals surface area contributed by atoms with Gasteiger partial charge in [0.15, 0.2) is 0 Å². The summed E-state index contributed by atoms with van der Waals surface area (Å²) in [7, 11) is 1.67. The van der Waals surface area contributed by atoms with Crippen LogP contribution in [-0.2, 0) is 16.0 Å². The maximum Gasteiger partial charge on any atom is 0.227 e. The van der Waals surface area contributed by atoms with Crippen molar-refractivity contribution in [2.24, 2.45) is 11.1 Å². The molecule has 3 N–H and O–H groups in total. The number of methoxy groups -OCH3 is 1. The fourth-order valence-electron chi connectivity index (χ4n) is 2.81. The van der Waals surface area contributed by atoms with Gasteiger partial charge >= 0.3 is 0 Å². The van der Waals surface area contributed by atoms with E-state index in [2.05, 4.69) is 11.4 Å². The van der Waals surface area contributed by atoms with E-state index < -0.39 is 5.41 Å². The fraction of sp³-hybridized carbons (Fsp3) is 0.588. The summed E-state index contributed by atoms with van der Waals surface area (Å²) in [4.78, 5) is 12.4. The molecule has 1 aliphatic heterocycles. The van der Waals surface area contributed by atoms with Gasteiger partial charge in [0, 0.05) is 26.3 Å². The maximum atomic E-state index is 12.4. The summed E-state index contributed by atoms with van der Waals surface area (Å²) in [5.41, 5.74) is 7.65. The quantitative estimate of drug-likeness (QED) is 0.827. The molecular formula is C17H27ClN2O3. The Morgan fingerprint density at radius 3 is 2.70 bits per heavy atom. The van der Waals surface area contributed by atoms with Gasteiger partial charge in [-0.3, -0.25) is 4.79 Å². The number of ether oxygens (including phenoxy) is 2. The Morgan fingerprint density at radius 1 is 1.39 bits per heavy atom. The van der Waals surface area contributed by atoms with Crippen molar-refractivity contribution < 1.29 is 14.3 Å². The number of carbonyl (C=O) groups is 1. The second-order valence-corrected chi connectivity index (χ2v) is 5.91. The minimum atomic E-state index is -0.455. The molecule has 0 spiro atoms. The van der Waals surface area contributed by atoms with Crippen molar-refractivity contribution in [3.63, 3.8) is 0 Å². The monoisotopic (exact) mass is 342 g/mol. The summed E-state index contributed by atoms with van der Waals surface area (Å²) in [6.07, 6.45) is 2.18. The Hall–Kier alpha value is -1.30. The van der Waals surface area contributed by atoms with Crippen LogP contribution in [-0.4, -0.2) is 39.3 Å². The highest BCUT2D eigenvalue weighted by Crippen LogP contribution is 2.29. The van der Waals surface area contributed by atoms with E-state index in [0.717, 1.165) is 23.3 Å². The van der Waals surface area contributed by atoms with Crippen molar-refractivity contribution in [1.29, 1.82) is 0 Å². The molecule has 1 heterocycles. The third-order valence-corrected chi connectivity index (χ3v) is 4.49. The van der Waals surface area contributed by atoms with Crippen LogP contribution in [0.3, 0.4) is 0 Å². The van der Waals surface area contributed by atoms with Gasteiger partial charge < -0.3 is 20.5 Å². The third-order valence-electron chi connectivity index (χ3n) is 4.49. The Kier molecular flexibility index (Phi) is 7.82. The molecule has 23 heavy (non-hydrogen) atoms. The summed E-state index contributed by atoms with van der Waals surface area (Å²) >= 11 is 0. The molecule has 0 aliphatic carbocycles. The van der Waals surface area contributed by atoms with Crippen molar-refractivity contribution in [3.8, 4) is 5.75 Å². The highest BCUT2D eigenvalue weighted by Gasteiger charge is 2.38. The molecule has 0 aromatic heterocycles. The van der Waals surface area contributed by atoms with E-state index in [1.54, 1.807) is 7.11 Å². The molecule has 1 aliphatic rings. The number of benzene rings is 1. The number of hydrogen-bond donors (Lipinski definition) is 2. The molecule has 0 bridgehead atoms. The SMILES string of the molecule is COc1cc(CCNC(=O)C2(CN)CCOCC2)ccc1C.Cl. The van der Waals surface area contributed by atoms with E-state index in [1.807, 2.05) is 19.1 Å². The third kappa shape index (κ3) is 4.83. The standard InChI is InChI=1S/C17H26N2O3.ClH/c1-13-3-4-14(11-15(13)21-2)5-8-19-16(20)17(12-18)6-9-22-10-7-17;/h3-4,11H,5-10,12,18H2,1-2H3,(H,19,20);1H. The van der Waals surface area contributed by atoms with E-state index in [9.17, 15) is 4.79 Å². The molecule has 2 rings (SSSR count). The zero-order valence-corrected chi connectivity index (χ0v) is 14.7. The first kappa shape index (κ1) is 19.7. The zero-order valence-electron chi connectivity index (χ0n) is 13.9. The molecule has 0 unspecified atom stereocenters. The minimum absolute atomic E-state index is 0. The van der Waals surface area contributed by atoms with Gasteiger partial charge in [-0.1, -0.05) is 12.1 Å². The summed E-state index contributed by atoms with van der Waals surface area (Å²) in [6.45, 7) is 4.22. The normalized spacial score (nSPS) is 16.3. The fourth-order valence-corrected chi connectivity index (χ4v) is 2.81. The first-order valence-corrected chi connectivity index (χ1v) is 7.81. The Bertz CT molecular complexity index is 517. The predicted molar refractivity (Wildman–Crippen MR) is 93.2 cm³/mol. The lowest BCUT2D eigenvalue weighted by atomic mass is 9.79. The predicted octanol–water partition coefficient (Wildman–Crippen LogP) is 1.84. The number of hydrogen-bond acceptors (Lipinski definition) is 4. The largest absolute Gasteiger partial charge is 0.496 e. The van der Waals surface area contributed by atoms with Crippen LogP contribution in [0.1, 0.15) is 24.0 Å². The number of carbonyl (C=O) groups excluding carboxylic acids is 1. The summed E-state index contributed by atoms with van der Waals surface area (Å²) in [6, 6.07) is 6.13. The highest BCUT2D eigenvalue weighted by atomic mass is 35.5. The van der Waals surface area contributed by atoms with Crippen molar-refractivity contribution in [3.05, 3.63) is 29.3 Å². The molecule has 1 amide bonds. The molecule has 1 aromatic carbocycles. The molecule has 0 radical (unpaired) electrons.